The fourth-order valence-electron chi connectivity index (χ4n) is 8.12. The summed E-state index contributed by atoms with van der Waals surface area (Å²) in [6.45, 7) is 9.69. The van der Waals surface area contributed by atoms with Crippen LogP contribution in [0.1, 0.15) is 67.6 Å². The van der Waals surface area contributed by atoms with Crippen LogP contribution < -0.4 is 15.1 Å². The number of carbonyl (C=O) groups is 2. The lowest BCUT2D eigenvalue weighted by Gasteiger charge is -2.44. The number of nitrogens with zero attached hydrogens (tertiary/aromatic N) is 5. The summed E-state index contributed by atoms with van der Waals surface area (Å²) >= 11 is 0. The Hall–Kier alpha value is -5.33. The number of hydrogen-bond acceptors (Lipinski definition) is 7. The van der Waals surface area contributed by atoms with Crippen molar-refractivity contribution in [3.8, 4) is 6.07 Å². The number of nitriles is 1. The fraction of sp³-hybridized carbons (Fsp3) is 0.341. The number of fused-ring (bicyclic) bond motifs is 1. The number of anilines is 3. The van der Waals surface area contributed by atoms with Crippen LogP contribution in [0, 0.1) is 32.1 Å². The van der Waals surface area contributed by atoms with E-state index in [1.807, 2.05) is 73.3 Å². The molecular formula is C41H44N6O3. The highest BCUT2D eigenvalue weighted by Crippen LogP contribution is 2.35. The zero-order chi connectivity index (χ0) is 34.9. The van der Waals surface area contributed by atoms with Gasteiger partial charge in [0, 0.05) is 73.4 Å². The second-order valence-electron chi connectivity index (χ2n) is 13.8. The van der Waals surface area contributed by atoms with Gasteiger partial charge in [-0.1, -0.05) is 54.6 Å². The van der Waals surface area contributed by atoms with Crippen molar-refractivity contribution in [1.29, 1.82) is 5.26 Å². The largest absolute Gasteiger partial charge is 0.382 e. The molecule has 2 amide bonds. The molecule has 2 unspecified atom stereocenters. The molecule has 256 valence electrons. The van der Waals surface area contributed by atoms with Gasteiger partial charge in [-0.2, -0.15) is 5.26 Å². The molecule has 3 heterocycles. The Labute approximate surface area is 294 Å². The van der Waals surface area contributed by atoms with E-state index in [0.29, 0.717) is 36.3 Å². The fourth-order valence-corrected chi connectivity index (χ4v) is 8.12. The van der Waals surface area contributed by atoms with Gasteiger partial charge in [-0.15, -0.1) is 0 Å². The molecule has 0 aromatic heterocycles. The second-order valence-corrected chi connectivity index (χ2v) is 13.8. The number of para-hydroxylation sites is 2. The van der Waals surface area contributed by atoms with Crippen molar-refractivity contribution in [3.63, 3.8) is 0 Å². The lowest BCUT2D eigenvalue weighted by Crippen LogP contribution is -2.59. The Morgan fingerprint density at radius 2 is 1.60 bits per heavy atom. The molecule has 2 N–H and O–H groups in total. The molecule has 2 fully saturated rings. The van der Waals surface area contributed by atoms with E-state index >= 15 is 0 Å². The van der Waals surface area contributed by atoms with Crippen LogP contribution in [0.3, 0.4) is 0 Å². The van der Waals surface area contributed by atoms with E-state index in [1.54, 1.807) is 12.1 Å². The molecule has 0 saturated carbocycles. The molecule has 3 aliphatic heterocycles. The van der Waals surface area contributed by atoms with E-state index in [2.05, 4.69) is 46.3 Å². The van der Waals surface area contributed by atoms with Gasteiger partial charge in [-0.05, 0) is 80.6 Å². The second kappa shape index (κ2) is 13.9. The number of carbonyl (C=O) groups excluding carboxylic acids is 2. The molecule has 2 saturated heterocycles. The van der Waals surface area contributed by atoms with Crippen LogP contribution in [0.4, 0.5) is 17.1 Å². The van der Waals surface area contributed by atoms with Gasteiger partial charge in [0.15, 0.2) is 6.23 Å². The summed E-state index contributed by atoms with van der Waals surface area (Å²) in [5, 5.41) is 24.6. The van der Waals surface area contributed by atoms with E-state index in [1.165, 1.54) is 4.90 Å². The topological polar surface area (TPSA) is 103 Å². The van der Waals surface area contributed by atoms with Crippen molar-refractivity contribution >= 4 is 28.9 Å². The van der Waals surface area contributed by atoms with Crippen LogP contribution in [0.5, 0.6) is 0 Å². The van der Waals surface area contributed by atoms with E-state index in [-0.39, 0.29) is 30.4 Å². The number of aliphatic hydroxyl groups is 1. The van der Waals surface area contributed by atoms with Gasteiger partial charge in [-0.3, -0.25) is 9.59 Å². The SMILES string of the molecule is Cc1cc(C)c(C(=O)N2CCN(c3ccccc3)C(CN3C(=O)c4ccccc4C3O)C2)c(C)c1NC1CCN(c2ccccc2C#N)CC1. The number of benzene rings is 4. The molecule has 9 heteroatoms. The monoisotopic (exact) mass is 668 g/mol. The van der Waals surface area contributed by atoms with Crippen LogP contribution in [0.2, 0.25) is 0 Å². The summed E-state index contributed by atoms with van der Waals surface area (Å²) in [5.74, 6) is -0.203. The molecule has 0 spiro atoms. The van der Waals surface area contributed by atoms with Crippen molar-refractivity contribution < 1.29 is 14.7 Å². The van der Waals surface area contributed by atoms with Gasteiger partial charge < -0.3 is 30.0 Å². The van der Waals surface area contributed by atoms with Crippen LogP contribution in [-0.2, 0) is 0 Å². The Balaban J connectivity index is 1.10. The first-order chi connectivity index (χ1) is 24.2. The van der Waals surface area contributed by atoms with Gasteiger partial charge in [0.1, 0.15) is 6.07 Å². The number of hydrogen-bond donors (Lipinski definition) is 2. The van der Waals surface area contributed by atoms with E-state index in [9.17, 15) is 20.0 Å². The predicted molar refractivity (Wildman–Crippen MR) is 197 cm³/mol. The molecule has 0 aliphatic carbocycles. The van der Waals surface area contributed by atoms with Crippen molar-refractivity contribution in [3.05, 3.63) is 124 Å². The summed E-state index contributed by atoms with van der Waals surface area (Å²) in [4.78, 5) is 36.0. The predicted octanol–water partition coefficient (Wildman–Crippen LogP) is 6.04. The van der Waals surface area contributed by atoms with Crippen LogP contribution in [-0.4, -0.2) is 78.1 Å². The lowest BCUT2D eigenvalue weighted by molar-refractivity contribution is 0.0120. The van der Waals surface area contributed by atoms with Gasteiger partial charge in [0.2, 0.25) is 0 Å². The van der Waals surface area contributed by atoms with Crippen LogP contribution in [0.25, 0.3) is 0 Å². The van der Waals surface area contributed by atoms with Crippen molar-refractivity contribution in [2.45, 2.75) is 51.9 Å². The molecule has 4 aromatic carbocycles. The van der Waals surface area contributed by atoms with Crippen LogP contribution in [0.15, 0.2) is 84.9 Å². The quantitative estimate of drug-likeness (QED) is 0.248. The van der Waals surface area contributed by atoms with Gasteiger partial charge >= 0.3 is 0 Å². The first-order valence-corrected chi connectivity index (χ1v) is 17.6. The molecule has 4 aromatic rings. The average Bonchev–Trinajstić information content (AvgIpc) is 3.38. The normalized spacial score (nSPS) is 19.4. The highest BCUT2D eigenvalue weighted by Gasteiger charge is 2.40. The zero-order valence-electron chi connectivity index (χ0n) is 29.0. The molecule has 7 rings (SSSR count). The average molecular weight is 669 g/mol. The number of nitrogens with one attached hydrogen (secondary N) is 1. The summed E-state index contributed by atoms with van der Waals surface area (Å²) in [6, 6.07) is 29.5. The number of piperidine rings is 1. The lowest BCUT2D eigenvalue weighted by atomic mass is 9.94. The minimum atomic E-state index is -1.02. The molecule has 2 atom stereocenters. The summed E-state index contributed by atoms with van der Waals surface area (Å²) in [7, 11) is 0. The van der Waals surface area contributed by atoms with E-state index < -0.39 is 6.23 Å². The van der Waals surface area contributed by atoms with Gasteiger partial charge in [0.05, 0.1) is 17.3 Å². The van der Waals surface area contributed by atoms with Crippen molar-refractivity contribution in [2.24, 2.45) is 0 Å². The Morgan fingerprint density at radius 1 is 0.900 bits per heavy atom. The number of piperazine rings is 1. The molecular weight excluding hydrogens is 624 g/mol. The smallest absolute Gasteiger partial charge is 0.256 e. The Bertz CT molecular complexity index is 1950. The third-order valence-electron chi connectivity index (χ3n) is 10.7. The van der Waals surface area contributed by atoms with Crippen LogP contribution >= 0.6 is 0 Å². The minimum Gasteiger partial charge on any atom is -0.382 e. The van der Waals surface area contributed by atoms with E-state index in [0.717, 1.165) is 65.2 Å². The zero-order valence-corrected chi connectivity index (χ0v) is 29.0. The van der Waals surface area contributed by atoms with Crippen molar-refractivity contribution in [2.75, 3.05) is 54.4 Å². The van der Waals surface area contributed by atoms with Gasteiger partial charge in [-0.25, -0.2) is 0 Å². The first-order valence-electron chi connectivity index (χ1n) is 17.6. The number of aliphatic hydroxyl groups excluding tert-OH is 1. The van der Waals surface area contributed by atoms with Gasteiger partial charge in [0.25, 0.3) is 11.8 Å². The molecule has 3 aliphatic rings. The maximum atomic E-state index is 14.5. The molecule has 0 bridgehead atoms. The molecule has 50 heavy (non-hydrogen) atoms. The standard InChI is InChI=1S/C41H44N6O3/c1-27-23-28(2)38(43-31-17-19-44(20-18-31)36-16-10-7-11-30(36)24-42)29(3)37(27)41(50)45-21-22-46(32-12-5-4-6-13-32)33(25-45)26-47-39(48)34-14-8-9-15-35(34)40(47)49/h4-16,23,31,33,39,43,48H,17-22,25-26H2,1-3H3. The molecule has 9 nitrogen and oxygen atoms in total. The molecule has 0 radical (unpaired) electrons. The van der Waals surface area contributed by atoms with E-state index in [4.69, 9.17) is 0 Å². The highest BCUT2D eigenvalue weighted by molar-refractivity contribution is 6.00. The third-order valence-corrected chi connectivity index (χ3v) is 10.7. The highest BCUT2D eigenvalue weighted by atomic mass is 16.3. The summed E-state index contributed by atoms with van der Waals surface area (Å²) < 4.78 is 0. The maximum absolute atomic E-state index is 14.5. The Kier molecular flexibility index (Phi) is 9.21. The third kappa shape index (κ3) is 6.16. The number of amides is 2. The number of aryl methyl sites for hydroxylation is 2. The minimum absolute atomic E-state index is 0.0136. The summed E-state index contributed by atoms with van der Waals surface area (Å²) in [6.07, 6.45) is 0.818. The van der Waals surface area contributed by atoms with Crippen molar-refractivity contribution in [1.82, 2.24) is 9.80 Å². The Morgan fingerprint density at radius 3 is 2.34 bits per heavy atom. The summed E-state index contributed by atoms with van der Waals surface area (Å²) in [5.41, 5.74) is 8.60. The first kappa shape index (κ1) is 33.2. The number of rotatable bonds is 7. The maximum Gasteiger partial charge on any atom is 0.256 e.